The van der Waals surface area contributed by atoms with Crippen molar-refractivity contribution in [3.05, 3.63) is 59.9 Å². The molecule has 0 unspecified atom stereocenters. The number of benzene rings is 2. The highest BCUT2D eigenvalue weighted by Gasteiger charge is 2.29. The van der Waals surface area contributed by atoms with Crippen molar-refractivity contribution >= 4 is 27.3 Å². The maximum absolute atomic E-state index is 13.0. The molecule has 2 heterocycles. The topological polar surface area (TPSA) is 69.7 Å². The lowest BCUT2D eigenvalue weighted by atomic mass is 10.0. The Hall–Kier alpha value is -2.61. The van der Waals surface area contributed by atoms with Gasteiger partial charge in [0.1, 0.15) is 5.82 Å². The molecular formula is C21H24FN3O3S. The molecular weight excluding hydrogens is 393 g/mol. The highest BCUT2D eigenvalue weighted by molar-refractivity contribution is 7.93. The minimum atomic E-state index is -3.22. The number of rotatable bonds is 4. The molecule has 2 fully saturated rings. The lowest BCUT2D eigenvalue weighted by molar-refractivity contribution is 0.0718. The van der Waals surface area contributed by atoms with Crippen LogP contribution in [-0.2, 0) is 10.0 Å². The van der Waals surface area contributed by atoms with Crippen molar-refractivity contribution in [1.82, 2.24) is 4.90 Å². The van der Waals surface area contributed by atoms with Crippen molar-refractivity contribution in [2.45, 2.75) is 25.3 Å². The predicted molar refractivity (Wildman–Crippen MR) is 111 cm³/mol. The summed E-state index contributed by atoms with van der Waals surface area (Å²) in [6.07, 6.45) is 2.25. The van der Waals surface area contributed by atoms with Gasteiger partial charge in [-0.3, -0.25) is 9.10 Å². The van der Waals surface area contributed by atoms with Crippen LogP contribution in [0.3, 0.4) is 0 Å². The average molecular weight is 418 g/mol. The van der Waals surface area contributed by atoms with Crippen LogP contribution >= 0.6 is 0 Å². The lowest BCUT2D eigenvalue weighted by Gasteiger charge is -2.33. The van der Waals surface area contributed by atoms with E-state index in [1.54, 1.807) is 36.4 Å². The number of piperidine rings is 1. The van der Waals surface area contributed by atoms with Crippen LogP contribution in [0.15, 0.2) is 48.5 Å². The van der Waals surface area contributed by atoms with Gasteiger partial charge >= 0.3 is 0 Å². The van der Waals surface area contributed by atoms with Crippen LogP contribution in [0.25, 0.3) is 0 Å². The van der Waals surface area contributed by atoms with Crippen LogP contribution in [-0.4, -0.2) is 50.7 Å². The first-order valence-electron chi connectivity index (χ1n) is 9.84. The molecule has 0 bridgehead atoms. The van der Waals surface area contributed by atoms with E-state index in [-0.39, 0.29) is 23.5 Å². The normalized spacial score (nSPS) is 19.3. The quantitative estimate of drug-likeness (QED) is 0.830. The molecule has 2 aromatic carbocycles. The molecule has 0 saturated carbocycles. The molecule has 2 saturated heterocycles. The Morgan fingerprint density at radius 1 is 0.966 bits per heavy atom. The molecule has 1 amide bonds. The van der Waals surface area contributed by atoms with Gasteiger partial charge in [-0.2, -0.15) is 0 Å². The van der Waals surface area contributed by atoms with Gasteiger partial charge in [-0.15, -0.1) is 0 Å². The third-order valence-corrected chi connectivity index (χ3v) is 7.37. The smallest absolute Gasteiger partial charge is 0.253 e. The highest BCUT2D eigenvalue weighted by atomic mass is 32.2. The molecule has 154 valence electrons. The Bertz CT molecular complexity index is 969. The molecule has 4 rings (SSSR count). The van der Waals surface area contributed by atoms with Crippen molar-refractivity contribution in [1.29, 1.82) is 0 Å². The van der Waals surface area contributed by atoms with Crippen molar-refractivity contribution in [2.75, 3.05) is 35.0 Å². The van der Waals surface area contributed by atoms with Crippen LogP contribution in [0.5, 0.6) is 0 Å². The molecule has 2 aliphatic heterocycles. The van der Waals surface area contributed by atoms with Gasteiger partial charge in [0.15, 0.2) is 0 Å². The summed E-state index contributed by atoms with van der Waals surface area (Å²) in [5, 5.41) is 3.39. The molecule has 0 spiro atoms. The van der Waals surface area contributed by atoms with Crippen LogP contribution in [0.1, 0.15) is 29.6 Å². The molecule has 0 radical (unpaired) electrons. The lowest BCUT2D eigenvalue weighted by Crippen LogP contribution is -2.42. The van der Waals surface area contributed by atoms with Crippen LogP contribution < -0.4 is 9.62 Å². The molecule has 1 N–H and O–H groups in total. The second-order valence-electron chi connectivity index (χ2n) is 7.51. The van der Waals surface area contributed by atoms with Gasteiger partial charge < -0.3 is 10.2 Å². The standard InChI is InChI=1S/C21H24FN3O3S/c22-17-4-6-18(7-5-17)23-19-10-13-24(14-11-19)21(26)16-2-8-20(9-3-16)25-12-1-15-29(25,27)28/h2-9,19,23H,1,10-15H2. The second kappa shape index (κ2) is 8.02. The third kappa shape index (κ3) is 4.37. The zero-order chi connectivity index (χ0) is 20.4. The van der Waals surface area contributed by atoms with E-state index in [0.29, 0.717) is 37.3 Å². The summed E-state index contributed by atoms with van der Waals surface area (Å²) < 4.78 is 38.5. The molecule has 8 heteroatoms. The van der Waals surface area contributed by atoms with Gasteiger partial charge in [-0.05, 0) is 67.8 Å². The van der Waals surface area contributed by atoms with Crippen LogP contribution in [0.2, 0.25) is 0 Å². The maximum atomic E-state index is 13.0. The average Bonchev–Trinajstić information content (AvgIpc) is 3.09. The molecule has 0 aliphatic carbocycles. The number of nitrogens with one attached hydrogen (secondary N) is 1. The van der Waals surface area contributed by atoms with Crippen molar-refractivity contribution in [2.24, 2.45) is 0 Å². The zero-order valence-electron chi connectivity index (χ0n) is 16.1. The zero-order valence-corrected chi connectivity index (χ0v) is 16.9. The monoisotopic (exact) mass is 417 g/mol. The van der Waals surface area contributed by atoms with E-state index in [2.05, 4.69) is 5.32 Å². The Labute approximate surface area is 170 Å². The minimum absolute atomic E-state index is 0.0407. The fraction of sp³-hybridized carbons (Fsp3) is 0.381. The van der Waals surface area contributed by atoms with Crippen molar-refractivity contribution < 1.29 is 17.6 Å². The van der Waals surface area contributed by atoms with Gasteiger partial charge in [0.2, 0.25) is 10.0 Å². The maximum Gasteiger partial charge on any atom is 0.253 e. The van der Waals surface area contributed by atoms with Crippen molar-refractivity contribution in [3.8, 4) is 0 Å². The van der Waals surface area contributed by atoms with Gasteiger partial charge in [0.05, 0.1) is 11.4 Å². The SMILES string of the molecule is O=C(c1ccc(N2CCCS2(=O)=O)cc1)N1CCC(Nc2ccc(F)cc2)CC1. The molecule has 2 aromatic rings. The van der Waals surface area contributed by atoms with E-state index in [0.717, 1.165) is 18.5 Å². The highest BCUT2D eigenvalue weighted by Crippen LogP contribution is 2.25. The summed E-state index contributed by atoms with van der Waals surface area (Å²) in [6.45, 7) is 1.77. The number of carbonyl (C=O) groups is 1. The first-order chi connectivity index (χ1) is 13.9. The summed E-state index contributed by atoms with van der Waals surface area (Å²) in [5.74, 6) is -0.125. The molecule has 0 atom stereocenters. The number of anilines is 2. The fourth-order valence-electron chi connectivity index (χ4n) is 3.89. The Morgan fingerprint density at radius 2 is 1.62 bits per heavy atom. The Kier molecular flexibility index (Phi) is 5.45. The van der Waals surface area contributed by atoms with Gasteiger partial charge in [0, 0.05) is 36.9 Å². The third-order valence-electron chi connectivity index (χ3n) is 5.50. The van der Waals surface area contributed by atoms with Gasteiger partial charge in [0.25, 0.3) is 5.91 Å². The number of amides is 1. The number of halogens is 1. The largest absolute Gasteiger partial charge is 0.382 e. The van der Waals surface area contributed by atoms with Gasteiger partial charge in [-0.1, -0.05) is 0 Å². The number of hydrogen-bond donors (Lipinski definition) is 1. The van der Waals surface area contributed by atoms with Crippen LogP contribution in [0.4, 0.5) is 15.8 Å². The summed E-state index contributed by atoms with van der Waals surface area (Å²) in [6, 6.07) is 13.4. The summed E-state index contributed by atoms with van der Waals surface area (Å²) in [5.41, 5.74) is 2.06. The molecule has 29 heavy (non-hydrogen) atoms. The number of likely N-dealkylation sites (tertiary alicyclic amines) is 1. The number of carbonyl (C=O) groups excluding carboxylic acids is 1. The predicted octanol–water partition coefficient (Wildman–Crippen LogP) is 3.08. The second-order valence-corrected chi connectivity index (χ2v) is 9.52. The number of sulfonamides is 1. The van der Waals surface area contributed by atoms with E-state index in [1.807, 2.05) is 4.90 Å². The van der Waals surface area contributed by atoms with Crippen LogP contribution in [0, 0.1) is 5.82 Å². The Morgan fingerprint density at radius 3 is 2.21 bits per heavy atom. The van der Waals surface area contributed by atoms with Gasteiger partial charge in [-0.25, -0.2) is 12.8 Å². The summed E-state index contributed by atoms with van der Waals surface area (Å²) in [7, 11) is -3.22. The molecule has 2 aliphatic rings. The number of nitrogens with zero attached hydrogens (tertiary/aromatic N) is 2. The first kappa shape index (κ1) is 19.7. The number of hydrogen-bond acceptors (Lipinski definition) is 4. The fourth-order valence-corrected chi connectivity index (χ4v) is 5.46. The van der Waals surface area contributed by atoms with E-state index in [1.165, 1.54) is 16.4 Å². The summed E-state index contributed by atoms with van der Waals surface area (Å²) in [4.78, 5) is 14.6. The van der Waals surface area contributed by atoms with E-state index in [4.69, 9.17) is 0 Å². The van der Waals surface area contributed by atoms with E-state index < -0.39 is 10.0 Å². The van der Waals surface area contributed by atoms with E-state index in [9.17, 15) is 17.6 Å². The molecule has 6 nitrogen and oxygen atoms in total. The van der Waals surface area contributed by atoms with Crippen molar-refractivity contribution in [3.63, 3.8) is 0 Å². The Balaban J connectivity index is 1.34. The minimum Gasteiger partial charge on any atom is -0.382 e. The first-order valence-corrected chi connectivity index (χ1v) is 11.5. The summed E-state index contributed by atoms with van der Waals surface area (Å²) >= 11 is 0. The van der Waals surface area contributed by atoms with E-state index >= 15 is 0 Å². The molecule has 0 aromatic heterocycles.